The van der Waals surface area contributed by atoms with Crippen LogP contribution in [0.5, 0.6) is 0 Å². The van der Waals surface area contributed by atoms with Crippen LogP contribution in [0.4, 0.5) is 0 Å². The van der Waals surface area contributed by atoms with Crippen LogP contribution in [0.1, 0.15) is 226 Å². The highest BCUT2D eigenvalue weighted by atomic mass is 16.6. The van der Waals surface area contributed by atoms with E-state index in [2.05, 4.69) is 203 Å². The molecule has 0 saturated heterocycles. The molecule has 0 aromatic carbocycles. The summed E-state index contributed by atoms with van der Waals surface area (Å²) in [5.41, 5.74) is 0. The van der Waals surface area contributed by atoms with Crippen LogP contribution in [-0.4, -0.2) is 37.2 Å². The zero-order valence-electron chi connectivity index (χ0n) is 48.9. The Morgan fingerprint density at radius 2 is 0.481 bits per heavy atom. The minimum Gasteiger partial charge on any atom is -0.462 e. The summed E-state index contributed by atoms with van der Waals surface area (Å²) in [6, 6.07) is 0. The summed E-state index contributed by atoms with van der Waals surface area (Å²) < 4.78 is 16.8. The van der Waals surface area contributed by atoms with Crippen LogP contribution in [0.3, 0.4) is 0 Å². The van der Waals surface area contributed by atoms with Crippen LogP contribution < -0.4 is 0 Å². The molecule has 1 unspecified atom stereocenters. The van der Waals surface area contributed by atoms with Crippen molar-refractivity contribution in [2.24, 2.45) is 0 Å². The van der Waals surface area contributed by atoms with E-state index < -0.39 is 6.10 Å². The summed E-state index contributed by atoms with van der Waals surface area (Å²) >= 11 is 0. The van der Waals surface area contributed by atoms with Gasteiger partial charge in [-0.25, -0.2) is 0 Å². The normalized spacial score (nSPS) is 13.4. The third-order valence-electron chi connectivity index (χ3n) is 11.9. The van der Waals surface area contributed by atoms with Crippen LogP contribution >= 0.6 is 0 Å². The minimum atomic E-state index is -0.832. The van der Waals surface area contributed by atoms with Crippen LogP contribution in [0.2, 0.25) is 0 Å². The molecule has 6 heteroatoms. The second-order valence-electron chi connectivity index (χ2n) is 19.1. The standard InChI is InChI=1S/C71H108O6/c1-4-7-10-13-16-19-22-25-28-30-32-34-35-37-38-40-43-46-49-52-55-58-61-64-70(73)76-67-68(66-75-69(72)63-60-57-54-51-48-45-42-27-24-21-18-15-12-9-6-3)77-71(74)65-62-59-56-53-50-47-44-41-39-36-33-31-29-26-23-20-17-14-11-8-5-2/h7-12,16-21,25-29,32-34,36-38,41-44,46,52,55,68H,4-6,13-15,22-24,30-31,35,39-40,45,47-51,53-54,56-67H2,1-3H3/b10-7-,11-8-,12-9-,19-16-,20-17-,21-18-,28-25-,29-26-,34-32-,36-33-,38-37-,42-27-,44-41-,46-43-,55-52-. The van der Waals surface area contributed by atoms with Crippen molar-refractivity contribution in [1.29, 1.82) is 0 Å². The zero-order chi connectivity index (χ0) is 55.7. The maximum Gasteiger partial charge on any atom is 0.306 e. The van der Waals surface area contributed by atoms with Gasteiger partial charge in [0, 0.05) is 19.3 Å². The molecule has 0 bridgehead atoms. The summed E-state index contributed by atoms with van der Waals surface area (Å²) in [7, 11) is 0. The van der Waals surface area contributed by atoms with E-state index in [1.54, 1.807) is 0 Å². The zero-order valence-corrected chi connectivity index (χ0v) is 48.9. The molecule has 0 spiro atoms. The van der Waals surface area contributed by atoms with Crippen molar-refractivity contribution in [2.75, 3.05) is 13.2 Å². The van der Waals surface area contributed by atoms with Gasteiger partial charge in [-0.05, 0) is 148 Å². The SMILES string of the molecule is CC/C=C\C/C=C\C/C=C\C/C=C\C/C=C\C/C=C\C/C=C\CCCC(=O)OCC(COC(=O)CCCCCCC/C=C\C/C=C\C/C=C\CC)OC(=O)CCCCCCC/C=C\C/C=C\C/C=C\C/C=C\C/C=C\CC. The highest BCUT2D eigenvalue weighted by Crippen LogP contribution is 2.12. The monoisotopic (exact) mass is 1060 g/mol. The Bertz CT molecular complexity index is 1840. The average molecular weight is 1060 g/mol. The molecule has 0 amide bonds. The van der Waals surface area contributed by atoms with Gasteiger partial charge in [0.2, 0.25) is 0 Å². The lowest BCUT2D eigenvalue weighted by Crippen LogP contribution is -2.30. The molecule has 0 aromatic heterocycles. The molecule has 0 fully saturated rings. The van der Waals surface area contributed by atoms with Crippen LogP contribution in [0.15, 0.2) is 182 Å². The van der Waals surface area contributed by atoms with Crippen molar-refractivity contribution >= 4 is 17.9 Å². The predicted molar refractivity (Wildman–Crippen MR) is 334 cm³/mol. The van der Waals surface area contributed by atoms with Crippen molar-refractivity contribution in [1.82, 2.24) is 0 Å². The van der Waals surface area contributed by atoms with E-state index in [1.807, 2.05) is 0 Å². The van der Waals surface area contributed by atoms with E-state index in [9.17, 15) is 14.4 Å². The Kier molecular flexibility index (Phi) is 58.6. The first-order valence-corrected chi connectivity index (χ1v) is 30.3. The van der Waals surface area contributed by atoms with E-state index >= 15 is 0 Å². The molecule has 0 aliphatic carbocycles. The van der Waals surface area contributed by atoms with Crippen LogP contribution in [0.25, 0.3) is 0 Å². The van der Waals surface area contributed by atoms with Gasteiger partial charge in [-0.1, -0.05) is 242 Å². The first kappa shape index (κ1) is 71.5. The second kappa shape index (κ2) is 63.0. The predicted octanol–water partition coefficient (Wildman–Crippen LogP) is 20.9. The maximum atomic E-state index is 12.9. The Morgan fingerprint density at radius 3 is 0.779 bits per heavy atom. The number of carbonyl (C=O) groups is 3. The smallest absolute Gasteiger partial charge is 0.306 e. The number of allylic oxidation sites excluding steroid dienone is 30. The van der Waals surface area contributed by atoms with E-state index in [-0.39, 0.29) is 44.0 Å². The lowest BCUT2D eigenvalue weighted by molar-refractivity contribution is -0.167. The van der Waals surface area contributed by atoms with Gasteiger partial charge in [0.15, 0.2) is 6.10 Å². The van der Waals surface area contributed by atoms with E-state index in [1.165, 1.54) is 0 Å². The van der Waals surface area contributed by atoms with Crippen molar-refractivity contribution < 1.29 is 28.6 Å². The highest BCUT2D eigenvalue weighted by molar-refractivity contribution is 5.71. The molecule has 0 radical (unpaired) electrons. The molecule has 428 valence electrons. The molecule has 77 heavy (non-hydrogen) atoms. The van der Waals surface area contributed by atoms with E-state index in [0.29, 0.717) is 12.8 Å². The van der Waals surface area contributed by atoms with Gasteiger partial charge in [-0.3, -0.25) is 14.4 Å². The van der Waals surface area contributed by atoms with Gasteiger partial charge in [0.1, 0.15) is 13.2 Å². The summed E-state index contributed by atoms with van der Waals surface area (Å²) in [6.07, 6.45) is 94.6. The Hall–Kier alpha value is -5.49. The number of hydrogen-bond acceptors (Lipinski definition) is 6. The third-order valence-corrected chi connectivity index (χ3v) is 11.9. The molecule has 0 aliphatic heterocycles. The molecule has 0 saturated carbocycles. The lowest BCUT2D eigenvalue weighted by Gasteiger charge is -2.18. The quantitative estimate of drug-likeness (QED) is 0.0261. The molecule has 0 heterocycles. The first-order chi connectivity index (χ1) is 38.0. The fourth-order valence-electron chi connectivity index (χ4n) is 7.47. The largest absolute Gasteiger partial charge is 0.462 e. The minimum absolute atomic E-state index is 0.123. The van der Waals surface area contributed by atoms with Gasteiger partial charge in [0.05, 0.1) is 0 Å². The molecule has 0 N–H and O–H groups in total. The van der Waals surface area contributed by atoms with Crippen molar-refractivity contribution in [3.8, 4) is 0 Å². The fourth-order valence-corrected chi connectivity index (χ4v) is 7.47. The summed E-state index contributed by atoms with van der Waals surface area (Å²) in [6.45, 7) is 6.20. The molecule has 0 aliphatic rings. The number of unbranched alkanes of at least 4 members (excludes halogenated alkanes) is 11. The Labute approximate surface area is 472 Å². The Balaban J connectivity index is 4.58. The second-order valence-corrected chi connectivity index (χ2v) is 19.1. The van der Waals surface area contributed by atoms with Gasteiger partial charge >= 0.3 is 17.9 Å². The van der Waals surface area contributed by atoms with Crippen LogP contribution in [0, 0.1) is 0 Å². The molecular formula is C71H108O6. The molecule has 1 atom stereocenters. The summed E-state index contributed by atoms with van der Waals surface area (Å²) in [4.78, 5) is 38.3. The Morgan fingerprint density at radius 1 is 0.260 bits per heavy atom. The number of rotatable bonds is 52. The number of hydrogen-bond donors (Lipinski definition) is 0. The average Bonchev–Trinajstić information content (AvgIpc) is 3.43. The summed E-state index contributed by atoms with van der Waals surface area (Å²) in [5, 5.41) is 0. The van der Waals surface area contributed by atoms with Crippen molar-refractivity contribution in [3.63, 3.8) is 0 Å². The number of carbonyl (C=O) groups excluding carboxylic acids is 3. The number of ether oxygens (including phenoxy) is 3. The van der Waals surface area contributed by atoms with Gasteiger partial charge in [0.25, 0.3) is 0 Å². The van der Waals surface area contributed by atoms with Crippen molar-refractivity contribution in [3.05, 3.63) is 182 Å². The maximum absolute atomic E-state index is 12.9. The van der Waals surface area contributed by atoms with Gasteiger partial charge < -0.3 is 14.2 Å². The van der Waals surface area contributed by atoms with Crippen LogP contribution in [-0.2, 0) is 28.6 Å². The highest BCUT2D eigenvalue weighted by Gasteiger charge is 2.19. The fraction of sp³-hybridized carbons (Fsp3) is 0.535. The lowest BCUT2D eigenvalue weighted by atomic mass is 10.1. The molecule has 6 nitrogen and oxygen atoms in total. The van der Waals surface area contributed by atoms with Gasteiger partial charge in [-0.15, -0.1) is 0 Å². The molecule has 0 aromatic rings. The molecular weight excluding hydrogens is 949 g/mol. The third kappa shape index (κ3) is 61.2. The topological polar surface area (TPSA) is 78.9 Å². The van der Waals surface area contributed by atoms with Gasteiger partial charge in [-0.2, -0.15) is 0 Å². The van der Waals surface area contributed by atoms with E-state index in [4.69, 9.17) is 14.2 Å². The van der Waals surface area contributed by atoms with Crippen molar-refractivity contribution in [2.45, 2.75) is 232 Å². The summed E-state index contributed by atoms with van der Waals surface area (Å²) in [5.74, 6) is -1.03. The first-order valence-electron chi connectivity index (χ1n) is 30.3. The van der Waals surface area contributed by atoms with E-state index in [0.717, 1.165) is 180 Å². The molecule has 0 rings (SSSR count). The number of esters is 3.